The molecule has 1 amide bonds. The third kappa shape index (κ3) is 3.04. The lowest BCUT2D eigenvalue weighted by atomic mass is 10.0. The van der Waals surface area contributed by atoms with Crippen LogP contribution >= 0.6 is 11.3 Å². The Morgan fingerprint density at radius 2 is 2.20 bits per heavy atom. The summed E-state index contributed by atoms with van der Waals surface area (Å²) >= 11 is 1.51. The van der Waals surface area contributed by atoms with Crippen LogP contribution in [0.5, 0.6) is 0 Å². The maximum absolute atomic E-state index is 11.8. The minimum Gasteiger partial charge on any atom is -0.394 e. The van der Waals surface area contributed by atoms with Gasteiger partial charge < -0.3 is 10.4 Å². The van der Waals surface area contributed by atoms with Crippen LogP contribution in [-0.2, 0) is 0 Å². The highest BCUT2D eigenvalue weighted by Gasteiger charge is 2.17. The largest absolute Gasteiger partial charge is 0.394 e. The van der Waals surface area contributed by atoms with Crippen molar-refractivity contribution in [2.75, 3.05) is 6.61 Å². The number of carbonyl (C=O) groups is 1. The molecule has 0 radical (unpaired) electrons. The minimum atomic E-state index is -0.170. The lowest BCUT2D eigenvalue weighted by Gasteiger charge is -2.19. The van der Waals surface area contributed by atoms with Crippen molar-refractivity contribution in [2.45, 2.75) is 26.8 Å². The molecule has 1 aromatic rings. The highest BCUT2D eigenvalue weighted by molar-refractivity contribution is 7.08. The van der Waals surface area contributed by atoms with Gasteiger partial charge in [-0.2, -0.15) is 11.3 Å². The Kier molecular flexibility index (Phi) is 4.29. The fraction of sp³-hybridized carbons (Fsp3) is 0.545. The van der Waals surface area contributed by atoms with Gasteiger partial charge in [0.1, 0.15) is 0 Å². The molecule has 1 rings (SSSR count). The molecule has 0 unspecified atom stereocenters. The van der Waals surface area contributed by atoms with E-state index in [-0.39, 0.29) is 24.5 Å². The van der Waals surface area contributed by atoms with Gasteiger partial charge in [0.25, 0.3) is 5.91 Å². The van der Waals surface area contributed by atoms with Gasteiger partial charge in [-0.15, -0.1) is 0 Å². The maximum Gasteiger partial charge on any atom is 0.252 e. The highest BCUT2D eigenvalue weighted by Crippen LogP contribution is 2.14. The molecule has 4 heteroatoms. The van der Waals surface area contributed by atoms with Crippen molar-refractivity contribution in [3.8, 4) is 0 Å². The first-order chi connectivity index (χ1) is 7.06. The lowest BCUT2D eigenvalue weighted by Crippen LogP contribution is -2.41. The van der Waals surface area contributed by atoms with Crippen LogP contribution in [-0.4, -0.2) is 23.7 Å². The fourth-order valence-electron chi connectivity index (χ4n) is 1.26. The predicted molar refractivity (Wildman–Crippen MR) is 62.2 cm³/mol. The summed E-state index contributed by atoms with van der Waals surface area (Å²) in [5, 5.41) is 15.7. The molecule has 2 N–H and O–H groups in total. The number of amides is 1. The van der Waals surface area contributed by atoms with Gasteiger partial charge in [-0.05, 0) is 23.8 Å². The first-order valence-corrected chi connectivity index (χ1v) is 5.95. The summed E-state index contributed by atoms with van der Waals surface area (Å²) in [6.45, 7) is 5.84. The van der Waals surface area contributed by atoms with E-state index in [1.807, 2.05) is 31.5 Å². The van der Waals surface area contributed by atoms with Gasteiger partial charge >= 0.3 is 0 Å². The SMILES string of the molecule is Cc1cscc1C(=O)N[C@H](CO)C(C)C. The molecule has 0 fully saturated rings. The topological polar surface area (TPSA) is 49.3 Å². The summed E-state index contributed by atoms with van der Waals surface area (Å²) in [6, 6.07) is -0.170. The molecule has 84 valence electrons. The van der Waals surface area contributed by atoms with Gasteiger partial charge in [-0.1, -0.05) is 13.8 Å². The van der Waals surface area contributed by atoms with Crippen LogP contribution in [0.4, 0.5) is 0 Å². The summed E-state index contributed by atoms with van der Waals surface area (Å²) in [5.41, 5.74) is 1.69. The Morgan fingerprint density at radius 1 is 1.53 bits per heavy atom. The van der Waals surface area contributed by atoms with Crippen molar-refractivity contribution in [1.29, 1.82) is 0 Å². The minimum absolute atomic E-state index is 0.0212. The first-order valence-electron chi connectivity index (χ1n) is 5.00. The average molecular weight is 227 g/mol. The van der Waals surface area contributed by atoms with E-state index in [0.29, 0.717) is 5.56 Å². The van der Waals surface area contributed by atoms with Gasteiger partial charge in [0.05, 0.1) is 18.2 Å². The number of aliphatic hydroxyl groups excluding tert-OH is 1. The van der Waals surface area contributed by atoms with E-state index in [1.54, 1.807) is 0 Å². The molecule has 0 aliphatic heterocycles. The molecule has 0 saturated carbocycles. The number of rotatable bonds is 4. The standard InChI is InChI=1S/C11H17NO2S/c1-7(2)10(4-13)12-11(14)9-6-15-5-8(9)3/h5-7,10,13H,4H2,1-3H3,(H,12,14)/t10-/m1/s1. The molecular formula is C11H17NO2S. The fourth-order valence-corrected chi connectivity index (χ4v) is 2.09. The van der Waals surface area contributed by atoms with Gasteiger partial charge in [0, 0.05) is 5.38 Å². The van der Waals surface area contributed by atoms with E-state index >= 15 is 0 Å². The smallest absolute Gasteiger partial charge is 0.252 e. The molecule has 1 aromatic heterocycles. The monoisotopic (exact) mass is 227 g/mol. The maximum atomic E-state index is 11.8. The zero-order valence-corrected chi connectivity index (χ0v) is 10.1. The zero-order chi connectivity index (χ0) is 11.4. The molecule has 3 nitrogen and oxygen atoms in total. The van der Waals surface area contributed by atoms with Crippen LogP contribution in [0.15, 0.2) is 10.8 Å². The predicted octanol–water partition coefficient (Wildman–Crippen LogP) is 1.80. The summed E-state index contributed by atoms with van der Waals surface area (Å²) in [7, 11) is 0. The van der Waals surface area contributed by atoms with Gasteiger partial charge in [-0.25, -0.2) is 0 Å². The summed E-state index contributed by atoms with van der Waals surface area (Å²) in [6.07, 6.45) is 0. The number of hydrogen-bond donors (Lipinski definition) is 2. The number of aliphatic hydroxyl groups is 1. The quantitative estimate of drug-likeness (QED) is 0.824. The molecule has 0 aliphatic carbocycles. The van der Waals surface area contributed by atoms with Crippen molar-refractivity contribution < 1.29 is 9.90 Å². The third-order valence-electron chi connectivity index (χ3n) is 2.42. The summed E-state index contributed by atoms with van der Waals surface area (Å²) in [4.78, 5) is 11.8. The third-order valence-corrected chi connectivity index (χ3v) is 3.28. The number of nitrogens with one attached hydrogen (secondary N) is 1. The molecule has 0 bridgehead atoms. The highest BCUT2D eigenvalue weighted by atomic mass is 32.1. The van der Waals surface area contributed by atoms with Crippen LogP contribution in [0.1, 0.15) is 29.8 Å². The summed E-state index contributed by atoms with van der Waals surface area (Å²) in [5.74, 6) is 0.138. The summed E-state index contributed by atoms with van der Waals surface area (Å²) < 4.78 is 0. The van der Waals surface area contributed by atoms with Crippen molar-refractivity contribution in [1.82, 2.24) is 5.32 Å². The van der Waals surface area contributed by atoms with E-state index in [1.165, 1.54) is 11.3 Å². The number of thiophene rings is 1. The Bertz CT molecular complexity index is 333. The van der Waals surface area contributed by atoms with Gasteiger partial charge in [0.15, 0.2) is 0 Å². The first kappa shape index (κ1) is 12.2. The van der Waals surface area contributed by atoms with E-state index in [4.69, 9.17) is 5.11 Å². The molecular weight excluding hydrogens is 210 g/mol. The molecule has 1 heterocycles. The van der Waals surface area contributed by atoms with Gasteiger partial charge in [0.2, 0.25) is 0 Å². The van der Waals surface area contributed by atoms with Crippen molar-refractivity contribution in [2.24, 2.45) is 5.92 Å². The normalized spacial score (nSPS) is 12.9. The van der Waals surface area contributed by atoms with Crippen LogP contribution in [0.2, 0.25) is 0 Å². The average Bonchev–Trinajstić information content (AvgIpc) is 2.60. The second-order valence-corrected chi connectivity index (χ2v) is 4.72. The molecule has 15 heavy (non-hydrogen) atoms. The van der Waals surface area contributed by atoms with E-state index < -0.39 is 0 Å². The van der Waals surface area contributed by atoms with E-state index in [9.17, 15) is 4.79 Å². The van der Waals surface area contributed by atoms with Crippen LogP contribution in [0.25, 0.3) is 0 Å². The Morgan fingerprint density at radius 3 is 2.60 bits per heavy atom. The number of carbonyl (C=O) groups excluding carboxylic acids is 1. The number of hydrogen-bond acceptors (Lipinski definition) is 3. The second-order valence-electron chi connectivity index (χ2n) is 3.98. The molecule has 1 atom stereocenters. The van der Waals surface area contributed by atoms with Crippen molar-refractivity contribution >= 4 is 17.2 Å². The lowest BCUT2D eigenvalue weighted by molar-refractivity contribution is 0.0897. The Labute approximate surface area is 94.1 Å². The zero-order valence-electron chi connectivity index (χ0n) is 9.28. The van der Waals surface area contributed by atoms with Gasteiger partial charge in [-0.3, -0.25) is 4.79 Å². The number of aryl methyl sites for hydroxylation is 1. The van der Waals surface area contributed by atoms with E-state index in [2.05, 4.69) is 5.32 Å². The van der Waals surface area contributed by atoms with Crippen molar-refractivity contribution in [3.05, 3.63) is 21.9 Å². The van der Waals surface area contributed by atoms with E-state index in [0.717, 1.165) is 5.56 Å². The second kappa shape index (κ2) is 5.28. The van der Waals surface area contributed by atoms with Crippen LogP contribution < -0.4 is 5.32 Å². The van der Waals surface area contributed by atoms with Crippen LogP contribution in [0, 0.1) is 12.8 Å². The molecule has 0 aliphatic rings. The molecule has 0 aromatic carbocycles. The molecule has 0 saturated heterocycles. The molecule has 0 spiro atoms. The Hall–Kier alpha value is -0.870. The Balaban J connectivity index is 2.67. The van der Waals surface area contributed by atoms with Crippen molar-refractivity contribution in [3.63, 3.8) is 0 Å². The van der Waals surface area contributed by atoms with Crippen LogP contribution in [0.3, 0.4) is 0 Å².